The molecule has 2 aromatic rings. The highest BCUT2D eigenvalue weighted by molar-refractivity contribution is 6.10. The molecule has 0 radical (unpaired) electrons. The van der Waals surface area contributed by atoms with Gasteiger partial charge in [0.15, 0.2) is 12.6 Å². The first-order valence-corrected chi connectivity index (χ1v) is 9.44. The number of benzene rings is 2. The molecule has 3 amide bonds. The number of primary amides is 1. The Kier molecular flexibility index (Phi) is 6.39. The number of hydrogen-bond donors (Lipinski definition) is 4. The number of piperidine rings is 1. The molecule has 1 heterocycles. The fourth-order valence-electron chi connectivity index (χ4n) is 3.54. The Morgan fingerprint density at radius 1 is 0.964 bits per heavy atom. The molecule has 1 unspecified atom stereocenters. The van der Waals surface area contributed by atoms with Crippen LogP contribution in [-0.2, 0) is 9.59 Å². The summed E-state index contributed by atoms with van der Waals surface area (Å²) in [6.07, 6.45) is 2.61. The van der Waals surface area contributed by atoms with Crippen molar-refractivity contribution < 1.29 is 19.3 Å². The van der Waals surface area contributed by atoms with Gasteiger partial charge in [-0.2, -0.15) is 0 Å². The van der Waals surface area contributed by atoms with Crippen LogP contribution < -0.4 is 21.3 Å². The minimum Gasteiger partial charge on any atom is -0.365 e. The average Bonchev–Trinajstić information content (AvgIpc) is 2.69. The van der Waals surface area contributed by atoms with Crippen molar-refractivity contribution in [3.63, 3.8) is 0 Å². The molecule has 7 heteroatoms. The van der Waals surface area contributed by atoms with Crippen LogP contribution in [0.15, 0.2) is 54.6 Å². The van der Waals surface area contributed by atoms with Gasteiger partial charge in [-0.25, -0.2) is 0 Å². The Labute approximate surface area is 163 Å². The summed E-state index contributed by atoms with van der Waals surface area (Å²) in [5, 5.41) is 5.63. The first kappa shape index (κ1) is 19.6. The lowest BCUT2D eigenvalue weighted by molar-refractivity contribution is -0.913. The highest BCUT2D eigenvalue weighted by Gasteiger charge is 2.32. The van der Waals surface area contributed by atoms with E-state index in [1.807, 2.05) is 18.2 Å². The van der Waals surface area contributed by atoms with Crippen molar-refractivity contribution in [2.45, 2.75) is 25.3 Å². The molecule has 1 fully saturated rings. The zero-order valence-electron chi connectivity index (χ0n) is 15.6. The van der Waals surface area contributed by atoms with Crippen LogP contribution >= 0.6 is 0 Å². The van der Waals surface area contributed by atoms with Gasteiger partial charge in [0.2, 0.25) is 0 Å². The molecule has 7 nitrogen and oxygen atoms in total. The Morgan fingerprint density at radius 3 is 2.43 bits per heavy atom. The molecule has 5 N–H and O–H groups in total. The first-order chi connectivity index (χ1) is 13.5. The van der Waals surface area contributed by atoms with Crippen LogP contribution in [0.3, 0.4) is 0 Å². The van der Waals surface area contributed by atoms with Crippen molar-refractivity contribution in [3.8, 4) is 0 Å². The summed E-state index contributed by atoms with van der Waals surface area (Å²) in [7, 11) is 0. The molecular weight excluding hydrogens is 356 g/mol. The molecule has 0 spiro atoms. The van der Waals surface area contributed by atoms with E-state index in [4.69, 9.17) is 5.73 Å². The number of amides is 3. The van der Waals surface area contributed by atoms with E-state index in [0.29, 0.717) is 23.4 Å². The minimum atomic E-state index is -0.370. The molecule has 1 aliphatic heterocycles. The molecular formula is C21H25N4O3+. The second-order valence-electron chi connectivity index (χ2n) is 6.95. The van der Waals surface area contributed by atoms with Crippen LogP contribution in [0, 0.1) is 0 Å². The number of nitrogens with two attached hydrogens (primary N) is 1. The van der Waals surface area contributed by atoms with E-state index in [1.54, 1.807) is 36.4 Å². The molecule has 1 saturated heterocycles. The van der Waals surface area contributed by atoms with Crippen LogP contribution in [0.1, 0.15) is 29.6 Å². The lowest BCUT2D eigenvalue weighted by Gasteiger charge is -2.29. The molecule has 0 aromatic heterocycles. The van der Waals surface area contributed by atoms with Gasteiger partial charge in [-0.05, 0) is 37.1 Å². The number of anilines is 2. The molecule has 1 aliphatic rings. The van der Waals surface area contributed by atoms with Gasteiger partial charge in [0.25, 0.3) is 17.7 Å². The second-order valence-corrected chi connectivity index (χ2v) is 6.95. The quantitative estimate of drug-likeness (QED) is 0.595. The van der Waals surface area contributed by atoms with E-state index in [-0.39, 0.29) is 30.3 Å². The van der Waals surface area contributed by atoms with Crippen molar-refractivity contribution in [2.75, 3.05) is 23.7 Å². The van der Waals surface area contributed by atoms with E-state index in [0.717, 1.165) is 24.3 Å². The van der Waals surface area contributed by atoms with Crippen LogP contribution in [0.25, 0.3) is 0 Å². The summed E-state index contributed by atoms with van der Waals surface area (Å²) in [5.41, 5.74) is 6.97. The summed E-state index contributed by atoms with van der Waals surface area (Å²) in [5.74, 6) is -0.921. The highest BCUT2D eigenvalue weighted by atomic mass is 16.2. The smallest absolute Gasteiger partial charge is 0.279 e. The maximum Gasteiger partial charge on any atom is 0.279 e. The SMILES string of the molecule is NC(=O)[C@@H]1CCCC[NH+]1CC(=O)Nc1ccccc1C(=O)Nc1ccccc1. The Bertz CT molecular complexity index is 854. The standard InChI is InChI=1S/C21H24N4O3/c22-20(27)18-12-6-7-13-25(18)14-19(26)24-17-11-5-4-10-16(17)21(28)23-15-8-2-1-3-9-15/h1-5,8-11,18H,6-7,12-14H2,(H2,22,27)(H,23,28)(H,24,26)/p+1/t18-/m0/s1. The molecule has 3 rings (SSSR count). The average molecular weight is 381 g/mol. The van der Waals surface area contributed by atoms with Crippen LogP contribution in [0.5, 0.6) is 0 Å². The van der Waals surface area contributed by atoms with Gasteiger partial charge >= 0.3 is 0 Å². The lowest BCUT2D eigenvalue weighted by Crippen LogP contribution is -3.18. The van der Waals surface area contributed by atoms with Gasteiger partial charge in [0.1, 0.15) is 0 Å². The van der Waals surface area contributed by atoms with E-state index in [1.165, 1.54) is 0 Å². The van der Waals surface area contributed by atoms with Gasteiger partial charge < -0.3 is 21.3 Å². The van der Waals surface area contributed by atoms with Crippen molar-refractivity contribution in [2.24, 2.45) is 5.73 Å². The number of carbonyl (C=O) groups is 3. The number of para-hydroxylation sites is 2. The Morgan fingerprint density at radius 2 is 1.68 bits per heavy atom. The van der Waals surface area contributed by atoms with Crippen LogP contribution in [-0.4, -0.2) is 36.9 Å². The number of hydrogen-bond acceptors (Lipinski definition) is 3. The van der Waals surface area contributed by atoms with E-state index in [9.17, 15) is 14.4 Å². The predicted octanol–water partition coefficient (Wildman–Crippen LogP) is 0.800. The maximum absolute atomic E-state index is 12.6. The fraction of sp³-hybridized carbons (Fsp3) is 0.286. The molecule has 28 heavy (non-hydrogen) atoms. The predicted molar refractivity (Wildman–Crippen MR) is 107 cm³/mol. The largest absolute Gasteiger partial charge is 0.365 e. The molecule has 146 valence electrons. The summed E-state index contributed by atoms with van der Waals surface area (Å²) >= 11 is 0. The molecule has 2 aromatic carbocycles. The number of quaternary nitrogens is 1. The van der Waals surface area contributed by atoms with E-state index >= 15 is 0 Å². The third kappa shape index (κ3) is 4.95. The minimum absolute atomic E-state index is 0.141. The molecule has 0 saturated carbocycles. The molecule has 0 aliphatic carbocycles. The van der Waals surface area contributed by atoms with Crippen molar-refractivity contribution in [1.82, 2.24) is 0 Å². The van der Waals surface area contributed by atoms with E-state index in [2.05, 4.69) is 10.6 Å². The second kappa shape index (κ2) is 9.14. The normalized spacial score (nSPS) is 18.9. The summed E-state index contributed by atoms with van der Waals surface area (Å²) in [6.45, 7) is 0.874. The number of likely N-dealkylation sites (tertiary alicyclic amines) is 1. The van der Waals surface area contributed by atoms with Gasteiger partial charge in [0, 0.05) is 12.1 Å². The number of carbonyl (C=O) groups excluding carboxylic acids is 3. The van der Waals surface area contributed by atoms with Crippen LogP contribution in [0.2, 0.25) is 0 Å². The monoisotopic (exact) mass is 381 g/mol. The van der Waals surface area contributed by atoms with Gasteiger partial charge in [-0.15, -0.1) is 0 Å². The van der Waals surface area contributed by atoms with Crippen LogP contribution in [0.4, 0.5) is 11.4 Å². The fourth-order valence-corrected chi connectivity index (χ4v) is 3.54. The van der Waals surface area contributed by atoms with Crippen molar-refractivity contribution in [3.05, 3.63) is 60.2 Å². The molecule has 0 bridgehead atoms. The van der Waals surface area contributed by atoms with Gasteiger partial charge in [-0.1, -0.05) is 30.3 Å². The molecule has 2 atom stereocenters. The number of rotatable bonds is 6. The Hall–Kier alpha value is -3.19. The summed E-state index contributed by atoms with van der Waals surface area (Å²) in [6, 6.07) is 15.6. The zero-order valence-corrected chi connectivity index (χ0v) is 15.6. The first-order valence-electron chi connectivity index (χ1n) is 9.44. The third-order valence-electron chi connectivity index (χ3n) is 4.94. The summed E-state index contributed by atoms with van der Waals surface area (Å²) in [4.78, 5) is 37.7. The zero-order chi connectivity index (χ0) is 19.9. The number of nitrogens with one attached hydrogen (secondary N) is 3. The van der Waals surface area contributed by atoms with Gasteiger partial charge in [0.05, 0.1) is 17.8 Å². The van der Waals surface area contributed by atoms with Crippen molar-refractivity contribution in [1.29, 1.82) is 0 Å². The van der Waals surface area contributed by atoms with Crippen molar-refractivity contribution >= 4 is 29.1 Å². The highest BCUT2D eigenvalue weighted by Crippen LogP contribution is 2.17. The Balaban J connectivity index is 1.68. The van der Waals surface area contributed by atoms with E-state index < -0.39 is 0 Å². The lowest BCUT2D eigenvalue weighted by atomic mass is 10.0. The summed E-state index contributed by atoms with van der Waals surface area (Å²) < 4.78 is 0. The van der Waals surface area contributed by atoms with Gasteiger partial charge in [-0.3, -0.25) is 14.4 Å². The topological polar surface area (TPSA) is 106 Å². The third-order valence-corrected chi connectivity index (χ3v) is 4.94. The maximum atomic E-state index is 12.6.